The Labute approximate surface area is 185 Å². The number of benzene rings is 3. The van der Waals surface area contributed by atoms with E-state index in [1.54, 1.807) is 7.11 Å². The van der Waals surface area contributed by atoms with E-state index in [4.69, 9.17) is 4.74 Å². The highest BCUT2D eigenvalue weighted by atomic mass is 16.5. The predicted octanol–water partition coefficient (Wildman–Crippen LogP) is 6.32. The van der Waals surface area contributed by atoms with Crippen molar-refractivity contribution in [3.63, 3.8) is 0 Å². The zero-order valence-electron chi connectivity index (χ0n) is 18.3. The van der Waals surface area contributed by atoms with Crippen molar-refractivity contribution in [2.75, 3.05) is 13.7 Å². The smallest absolute Gasteiger partial charge is 0.254 e. The summed E-state index contributed by atoms with van der Waals surface area (Å²) in [7, 11) is 1.63. The highest BCUT2D eigenvalue weighted by molar-refractivity contribution is 5.95. The topological polar surface area (TPSA) is 29.5 Å². The number of hydrogen-bond acceptors (Lipinski definition) is 2. The summed E-state index contributed by atoms with van der Waals surface area (Å²) in [6, 6.07) is 26.4. The number of hydrogen-bond donors (Lipinski definition) is 0. The predicted molar refractivity (Wildman–Crippen MR) is 126 cm³/mol. The summed E-state index contributed by atoms with van der Waals surface area (Å²) in [5, 5.41) is 0. The van der Waals surface area contributed by atoms with Crippen molar-refractivity contribution >= 4 is 12.0 Å². The molecule has 1 aliphatic rings. The van der Waals surface area contributed by atoms with Gasteiger partial charge in [0, 0.05) is 12.1 Å². The van der Waals surface area contributed by atoms with Crippen LogP contribution >= 0.6 is 0 Å². The van der Waals surface area contributed by atoms with Crippen molar-refractivity contribution in [3.8, 4) is 5.75 Å². The third-order valence-corrected chi connectivity index (χ3v) is 5.92. The van der Waals surface area contributed by atoms with Gasteiger partial charge in [0.25, 0.3) is 5.91 Å². The number of carbonyl (C=O) groups excluding carboxylic acids is 1. The molecule has 3 heteroatoms. The van der Waals surface area contributed by atoms with Gasteiger partial charge in [0.05, 0.1) is 13.2 Å². The molecule has 1 aliphatic carbocycles. The summed E-state index contributed by atoms with van der Waals surface area (Å²) in [5.41, 5.74) is 5.60. The first-order chi connectivity index (χ1) is 15.2. The van der Waals surface area contributed by atoms with Crippen LogP contribution in [0.5, 0.6) is 5.75 Å². The molecule has 0 spiro atoms. The van der Waals surface area contributed by atoms with E-state index in [0.717, 1.165) is 30.4 Å². The van der Waals surface area contributed by atoms with Gasteiger partial charge in [-0.1, -0.05) is 72.3 Å². The summed E-state index contributed by atoms with van der Waals surface area (Å²) in [5.74, 6) is 0.743. The van der Waals surface area contributed by atoms with E-state index in [2.05, 4.69) is 49.4 Å². The average molecular weight is 412 g/mol. The standard InChI is InChI=1S/C28H29NO2/c1-21(18-22-10-4-3-5-11-22)20-29(28(30)24-14-8-15-25(19-24)31-2)27-17-9-13-23-12-6-7-16-26(23)27/h3-8,10-12,14-16,18-19,27H,9,13,17,20H2,1-2H3. The second kappa shape index (κ2) is 9.65. The van der Waals surface area contributed by atoms with Crippen molar-refractivity contribution in [2.24, 2.45) is 0 Å². The molecule has 3 aromatic carbocycles. The third kappa shape index (κ3) is 4.88. The van der Waals surface area contributed by atoms with Crippen molar-refractivity contribution in [3.05, 3.63) is 107 Å². The Hall–Kier alpha value is -3.33. The van der Waals surface area contributed by atoms with Crippen LogP contribution < -0.4 is 4.74 Å². The summed E-state index contributed by atoms with van der Waals surface area (Å²) in [6.07, 6.45) is 5.31. The maximum atomic E-state index is 13.8. The van der Waals surface area contributed by atoms with Crippen LogP contribution in [0.4, 0.5) is 0 Å². The molecule has 1 unspecified atom stereocenters. The van der Waals surface area contributed by atoms with Gasteiger partial charge in [0.2, 0.25) is 0 Å². The lowest BCUT2D eigenvalue weighted by molar-refractivity contribution is 0.0678. The first kappa shape index (κ1) is 20.9. The van der Waals surface area contributed by atoms with E-state index in [1.165, 1.54) is 11.1 Å². The first-order valence-electron chi connectivity index (χ1n) is 10.9. The van der Waals surface area contributed by atoms with E-state index < -0.39 is 0 Å². The molecule has 31 heavy (non-hydrogen) atoms. The Morgan fingerprint density at radius 2 is 1.81 bits per heavy atom. The summed E-state index contributed by atoms with van der Waals surface area (Å²) in [6.45, 7) is 2.69. The second-order valence-electron chi connectivity index (χ2n) is 8.17. The summed E-state index contributed by atoms with van der Waals surface area (Å²) in [4.78, 5) is 15.8. The third-order valence-electron chi connectivity index (χ3n) is 5.92. The lowest BCUT2D eigenvalue weighted by Gasteiger charge is -2.36. The molecule has 158 valence electrons. The molecule has 0 bridgehead atoms. The molecule has 0 aliphatic heterocycles. The molecule has 1 amide bonds. The number of amides is 1. The van der Waals surface area contributed by atoms with Crippen molar-refractivity contribution < 1.29 is 9.53 Å². The minimum absolute atomic E-state index is 0.0430. The van der Waals surface area contributed by atoms with E-state index >= 15 is 0 Å². The minimum atomic E-state index is 0.0430. The fourth-order valence-electron chi connectivity index (χ4n) is 4.45. The molecule has 0 aromatic heterocycles. The average Bonchev–Trinajstić information content (AvgIpc) is 2.82. The number of rotatable bonds is 6. The summed E-state index contributed by atoms with van der Waals surface area (Å²) >= 11 is 0. The fraction of sp³-hybridized carbons (Fsp3) is 0.250. The molecule has 3 aromatic rings. The van der Waals surface area contributed by atoms with Gasteiger partial charge in [-0.3, -0.25) is 4.79 Å². The molecule has 0 saturated carbocycles. The quantitative estimate of drug-likeness (QED) is 0.475. The number of methoxy groups -OCH3 is 1. The maximum absolute atomic E-state index is 13.8. The summed E-state index contributed by atoms with van der Waals surface area (Å²) < 4.78 is 5.36. The van der Waals surface area contributed by atoms with Gasteiger partial charge >= 0.3 is 0 Å². The van der Waals surface area contributed by atoms with Gasteiger partial charge in [-0.25, -0.2) is 0 Å². The first-order valence-corrected chi connectivity index (χ1v) is 10.9. The van der Waals surface area contributed by atoms with Gasteiger partial charge in [-0.15, -0.1) is 0 Å². The van der Waals surface area contributed by atoms with Crippen LogP contribution in [0.2, 0.25) is 0 Å². The van der Waals surface area contributed by atoms with Gasteiger partial charge in [-0.05, 0) is 61.1 Å². The van der Waals surface area contributed by atoms with Crippen LogP contribution in [-0.4, -0.2) is 24.5 Å². The zero-order chi connectivity index (χ0) is 21.6. The highest BCUT2D eigenvalue weighted by Gasteiger charge is 2.30. The largest absolute Gasteiger partial charge is 0.497 e. The lowest BCUT2D eigenvalue weighted by Crippen LogP contribution is -2.37. The van der Waals surface area contributed by atoms with Crippen LogP contribution in [-0.2, 0) is 6.42 Å². The van der Waals surface area contributed by atoms with Crippen LogP contribution in [0.25, 0.3) is 6.08 Å². The Morgan fingerprint density at radius 1 is 1.03 bits per heavy atom. The minimum Gasteiger partial charge on any atom is -0.497 e. The molecule has 0 saturated heterocycles. The number of ether oxygens (including phenoxy) is 1. The molecule has 0 fully saturated rings. The van der Waals surface area contributed by atoms with Crippen LogP contribution in [0, 0.1) is 0 Å². The van der Waals surface area contributed by atoms with E-state index in [1.807, 2.05) is 47.4 Å². The number of aryl methyl sites for hydroxylation is 1. The highest BCUT2D eigenvalue weighted by Crippen LogP contribution is 2.36. The monoisotopic (exact) mass is 411 g/mol. The number of nitrogens with zero attached hydrogens (tertiary/aromatic N) is 1. The SMILES string of the molecule is COc1cccc(C(=O)N(CC(C)=Cc2ccccc2)C2CCCc3ccccc32)c1. The number of fused-ring (bicyclic) bond motifs is 1. The van der Waals surface area contributed by atoms with Gasteiger partial charge < -0.3 is 9.64 Å². The molecule has 1 atom stereocenters. The van der Waals surface area contributed by atoms with E-state index in [0.29, 0.717) is 17.9 Å². The number of carbonyl (C=O) groups is 1. The van der Waals surface area contributed by atoms with Crippen LogP contribution in [0.15, 0.2) is 84.4 Å². The van der Waals surface area contributed by atoms with Gasteiger partial charge in [0.1, 0.15) is 5.75 Å². The van der Waals surface area contributed by atoms with Crippen LogP contribution in [0.3, 0.4) is 0 Å². The Kier molecular flexibility index (Phi) is 6.51. The van der Waals surface area contributed by atoms with Gasteiger partial charge in [0.15, 0.2) is 0 Å². The van der Waals surface area contributed by atoms with E-state index in [-0.39, 0.29) is 11.9 Å². The Morgan fingerprint density at radius 3 is 2.61 bits per heavy atom. The molecular weight excluding hydrogens is 382 g/mol. The zero-order valence-corrected chi connectivity index (χ0v) is 18.3. The molecule has 0 radical (unpaired) electrons. The van der Waals surface area contributed by atoms with Crippen molar-refractivity contribution in [2.45, 2.75) is 32.2 Å². The molecule has 4 rings (SSSR count). The Balaban J connectivity index is 1.70. The van der Waals surface area contributed by atoms with Crippen molar-refractivity contribution in [1.29, 1.82) is 0 Å². The lowest BCUT2D eigenvalue weighted by atomic mass is 9.86. The van der Waals surface area contributed by atoms with E-state index in [9.17, 15) is 4.79 Å². The van der Waals surface area contributed by atoms with Gasteiger partial charge in [-0.2, -0.15) is 0 Å². The molecular formula is C28H29NO2. The fourth-order valence-corrected chi connectivity index (χ4v) is 4.45. The molecule has 3 nitrogen and oxygen atoms in total. The Bertz CT molecular complexity index is 1070. The second-order valence-corrected chi connectivity index (χ2v) is 8.17. The molecule has 0 heterocycles. The van der Waals surface area contributed by atoms with Crippen molar-refractivity contribution in [1.82, 2.24) is 4.90 Å². The maximum Gasteiger partial charge on any atom is 0.254 e. The van der Waals surface area contributed by atoms with Crippen LogP contribution in [0.1, 0.15) is 52.9 Å². The molecule has 0 N–H and O–H groups in total. The normalized spacial score (nSPS) is 15.8.